The summed E-state index contributed by atoms with van der Waals surface area (Å²) in [5.74, 6) is -5.89. The molecule has 7 heteroatoms. The largest absolute Gasteiger partial charge is 0.507 e. The van der Waals surface area contributed by atoms with Crippen LogP contribution in [0.5, 0.6) is 11.5 Å². The number of ketones is 1. The number of carbonyl (C=O) groups is 1. The third-order valence-corrected chi connectivity index (χ3v) is 2.66. The molecule has 0 fully saturated rings. The summed E-state index contributed by atoms with van der Waals surface area (Å²) < 4.78 is 0. The van der Waals surface area contributed by atoms with Crippen LogP contribution in [0.1, 0.15) is 18.1 Å². The van der Waals surface area contributed by atoms with Crippen molar-refractivity contribution in [2.45, 2.75) is 25.4 Å². The monoisotopic (exact) mass is 257 g/mol. The lowest BCUT2D eigenvalue weighted by Gasteiger charge is -2.35. The van der Waals surface area contributed by atoms with Crippen molar-refractivity contribution in [1.29, 1.82) is 0 Å². The zero-order chi connectivity index (χ0) is 14.3. The summed E-state index contributed by atoms with van der Waals surface area (Å²) in [6.45, 7) is 2.38. The van der Waals surface area contributed by atoms with Crippen LogP contribution in [0.2, 0.25) is 0 Å². The maximum absolute atomic E-state index is 11.1. The number of phenols is 2. The van der Waals surface area contributed by atoms with Crippen molar-refractivity contribution in [3.05, 3.63) is 23.3 Å². The van der Waals surface area contributed by atoms with E-state index in [9.17, 15) is 30.3 Å². The fourth-order valence-electron chi connectivity index (χ4n) is 1.54. The van der Waals surface area contributed by atoms with Crippen molar-refractivity contribution >= 4 is 5.78 Å². The lowest BCUT2D eigenvalue weighted by atomic mass is 9.90. The number of aryl methyl sites for hydroxylation is 1. The number of rotatable bonds is 3. The Morgan fingerprint density at radius 3 is 1.89 bits per heavy atom. The highest BCUT2D eigenvalue weighted by Gasteiger charge is 2.53. The molecule has 0 saturated heterocycles. The fraction of sp³-hybridized carbons (Fsp3) is 0.364. The molecule has 1 aromatic carbocycles. The summed E-state index contributed by atoms with van der Waals surface area (Å²) in [6.07, 6.45) is 0. The molecule has 0 saturated carbocycles. The quantitative estimate of drug-likeness (QED) is 0.372. The SMILES string of the molecule is CC(=O)C(N)(O)C(O)(O)c1c(O)cc(C)cc1O. The highest BCUT2D eigenvalue weighted by molar-refractivity contribution is 5.85. The van der Waals surface area contributed by atoms with Gasteiger partial charge >= 0.3 is 0 Å². The number of hydrogen-bond donors (Lipinski definition) is 6. The number of phenolic OH excluding ortho intramolecular Hbond substituents is 2. The second-order valence-corrected chi connectivity index (χ2v) is 4.17. The van der Waals surface area contributed by atoms with E-state index in [1.165, 1.54) is 0 Å². The number of benzene rings is 1. The van der Waals surface area contributed by atoms with Gasteiger partial charge in [-0.3, -0.25) is 10.5 Å². The molecule has 7 nitrogen and oxygen atoms in total. The highest BCUT2D eigenvalue weighted by atomic mass is 16.5. The number of carbonyl (C=O) groups excluding carboxylic acids is 1. The van der Waals surface area contributed by atoms with E-state index in [-0.39, 0.29) is 0 Å². The molecule has 100 valence electrons. The van der Waals surface area contributed by atoms with E-state index in [1.54, 1.807) is 6.92 Å². The Balaban J connectivity index is 3.51. The second kappa shape index (κ2) is 4.21. The summed E-state index contributed by atoms with van der Waals surface area (Å²) in [6, 6.07) is 2.24. The molecule has 7 N–H and O–H groups in total. The summed E-state index contributed by atoms with van der Waals surface area (Å²) >= 11 is 0. The molecule has 18 heavy (non-hydrogen) atoms. The van der Waals surface area contributed by atoms with Gasteiger partial charge in [0.15, 0.2) is 5.78 Å². The molecule has 1 rings (SSSR count). The molecular formula is C11H15NO6. The van der Waals surface area contributed by atoms with Gasteiger partial charge in [-0.15, -0.1) is 0 Å². The van der Waals surface area contributed by atoms with Crippen LogP contribution in [0.3, 0.4) is 0 Å². The maximum atomic E-state index is 11.1. The van der Waals surface area contributed by atoms with Crippen LogP contribution in [-0.4, -0.2) is 37.0 Å². The molecule has 0 bridgehead atoms. The van der Waals surface area contributed by atoms with Crippen molar-refractivity contribution in [2.24, 2.45) is 5.73 Å². The lowest BCUT2D eigenvalue weighted by Crippen LogP contribution is -2.63. The molecule has 1 atom stereocenters. The topological polar surface area (TPSA) is 144 Å². The van der Waals surface area contributed by atoms with Crippen LogP contribution >= 0.6 is 0 Å². The van der Waals surface area contributed by atoms with Crippen molar-refractivity contribution in [3.63, 3.8) is 0 Å². The van der Waals surface area contributed by atoms with Gasteiger partial charge in [0.1, 0.15) is 11.5 Å². The van der Waals surface area contributed by atoms with Crippen molar-refractivity contribution in [2.75, 3.05) is 0 Å². The fourth-order valence-corrected chi connectivity index (χ4v) is 1.54. The van der Waals surface area contributed by atoms with Gasteiger partial charge < -0.3 is 25.5 Å². The zero-order valence-electron chi connectivity index (χ0n) is 9.88. The first-order valence-corrected chi connectivity index (χ1v) is 5.02. The first kappa shape index (κ1) is 14.4. The predicted molar refractivity (Wildman–Crippen MR) is 60.4 cm³/mol. The standard InChI is InChI=1S/C11H15NO6/c1-5-3-7(14)9(8(15)4-5)11(17,18)10(12,16)6(2)13/h3-4,14-18H,12H2,1-2H3. The minimum atomic E-state index is -3.33. The van der Waals surface area contributed by atoms with E-state index in [0.717, 1.165) is 19.1 Å². The first-order valence-electron chi connectivity index (χ1n) is 5.02. The van der Waals surface area contributed by atoms with Crippen LogP contribution in [0, 0.1) is 6.92 Å². The molecule has 0 amide bonds. The zero-order valence-corrected chi connectivity index (χ0v) is 9.88. The number of nitrogens with two attached hydrogens (primary N) is 1. The van der Waals surface area contributed by atoms with Crippen molar-refractivity contribution in [1.82, 2.24) is 0 Å². The molecular weight excluding hydrogens is 242 g/mol. The average molecular weight is 257 g/mol. The van der Waals surface area contributed by atoms with Gasteiger partial charge in [-0.2, -0.15) is 0 Å². The highest BCUT2D eigenvalue weighted by Crippen LogP contribution is 2.40. The smallest absolute Gasteiger partial charge is 0.248 e. The van der Waals surface area contributed by atoms with Gasteiger partial charge in [-0.1, -0.05) is 0 Å². The second-order valence-electron chi connectivity index (χ2n) is 4.17. The van der Waals surface area contributed by atoms with Crippen LogP contribution in [0.25, 0.3) is 0 Å². The number of hydrogen-bond acceptors (Lipinski definition) is 7. The maximum Gasteiger partial charge on any atom is 0.248 e. The molecule has 0 aromatic heterocycles. The molecule has 0 aliphatic heterocycles. The van der Waals surface area contributed by atoms with Crippen LogP contribution in [0.15, 0.2) is 12.1 Å². The lowest BCUT2D eigenvalue weighted by molar-refractivity contribution is -0.272. The summed E-state index contributed by atoms with van der Waals surface area (Å²) in [7, 11) is 0. The molecule has 0 aliphatic rings. The molecule has 0 heterocycles. The number of Topliss-reactive ketones (excluding diaryl/α,β-unsaturated/α-hetero) is 1. The molecule has 0 radical (unpaired) electrons. The first-order chi connectivity index (χ1) is 8.01. The third kappa shape index (κ3) is 2.04. The van der Waals surface area contributed by atoms with Gasteiger partial charge in [-0.05, 0) is 31.5 Å². The van der Waals surface area contributed by atoms with E-state index in [2.05, 4.69) is 0 Å². The summed E-state index contributed by atoms with van der Waals surface area (Å²) in [4.78, 5) is 11.1. The molecule has 0 aliphatic carbocycles. The van der Waals surface area contributed by atoms with Gasteiger partial charge in [0.05, 0.1) is 5.56 Å². The molecule has 0 spiro atoms. The van der Waals surface area contributed by atoms with E-state index in [0.29, 0.717) is 5.56 Å². The molecule has 1 unspecified atom stereocenters. The Kier molecular flexibility index (Phi) is 3.37. The Morgan fingerprint density at radius 1 is 1.17 bits per heavy atom. The minimum absolute atomic E-state index is 0.438. The number of aliphatic hydroxyl groups is 3. The van der Waals surface area contributed by atoms with Crippen LogP contribution < -0.4 is 5.73 Å². The van der Waals surface area contributed by atoms with E-state index in [4.69, 9.17) is 5.73 Å². The van der Waals surface area contributed by atoms with Gasteiger partial charge in [0.25, 0.3) is 0 Å². The van der Waals surface area contributed by atoms with E-state index >= 15 is 0 Å². The van der Waals surface area contributed by atoms with Crippen LogP contribution in [-0.2, 0) is 10.6 Å². The number of aromatic hydroxyl groups is 2. The Labute approximate surface area is 103 Å². The summed E-state index contributed by atoms with van der Waals surface area (Å²) in [5, 5.41) is 48.3. The van der Waals surface area contributed by atoms with Crippen LogP contribution in [0.4, 0.5) is 0 Å². The normalized spacial score (nSPS) is 15.2. The Hall–Kier alpha value is -1.67. The summed E-state index contributed by atoms with van der Waals surface area (Å²) in [5.41, 5.74) is 1.66. The van der Waals surface area contributed by atoms with Gasteiger partial charge in [-0.25, -0.2) is 0 Å². The van der Waals surface area contributed by atoms with Gasteiger partial charge in [0, 0.05) is 0 Å². The minimum Gasteiger partial charge on any atom is -0.507 e. The Bertz CT molecular complexity index is 471. The molecule has 1 aromatic rings. The van der Waals surface area contributed by atoms with E-state index in [1.807, 2.05) is 0 Å². The average Bonchev–Trinajstić information content (AvgIpc) is 2.14. The predicted octanol–water partition coefficient (Wildman–Crippen LogP) is -1.22. The van der Waals surface area contributed by atoms with E-state index < -0.39 is 34.4 Å². The van der Waals surface area contributed by atoms with Crippen molar-refractivity contribution < 1.29 is 30.3 Å². The van der Waals surface area contributed by atoms with Crippen molar-refractivity contribution in [3.8, 4) is 11.5 Å². The van der Waals surface area contributed by atoms with Gasteiger partial charge in [0.2, 0.25) is 11.5 Å². The third-order valence-electron chi connectivity index (χ3n) is 2.66. The Morgan fingerprint density at radius 2 is 1.56 bits per heavy atom.